The standard InChI is InChI=1S/C19H20O4/c1-2-3-11-21-17-10-9-14(13-20)12-16(17)19-22-18(23-19)15-7-5-4-6-8-15/h4-10,12-13,18-19H,2-3,11H2,1H3. The lowest BCUT2D eigenvalue weighted by molar-refractivity contribution is -0.397. The van der Waals surface area contributed by atoms with Gasteiger partial charge in [0.1, 0.15) is 12.0 Å². The summed E-state index contributed by atoms with van der Waals surface area (Å²) in [6.07, 6.45) is 1.98. The van der Waals surface area contributed by atoms with E-state index in [1.807, 2.05) is 30.3 Å². The molecule has 23 heavy (non-hydrogen) atoms. The summed E-state index contributed by atoms with van der Waals surface area (Å²) in [4.78, 5) is 11.0. The molecule has 0 aliphatic carbocycles. The van der Waals surface area contributed by atoms with E-state index in [0.29, 0.717) is 17.9 Å². The van der Waals surface area contributed by atoms with Crippen LogP contribution >= 0.6 is 0 Å². The van der Waals surface area contributed by atoms with Crippen molar-refractivity contribution in [2.45, 2.75) is 32.3 Å². The summed E-state index contributed by atoms with van der Waals surface area (Å²) < 4.78 is 17.5. The zero-order valence-electron chi connectivity index (χ0n) is 13.1. The summed E-state index contributed by atoms with van der Waals surface area (Å²) in [7, 11) is 0. The summed E-state index contributed by atoms with van der Waals surface area (Å²) in [5, 5.41) is 0. The Morgan fingerprint density at radius 3 is 2.57 bits per heavy atom. The van der Waals surface area contributed by atoms with Crippen molar-refractivity contribution >= 4 is 6.29 Å². The minimum atomic E-state index is -0.503. The molecule has 4 nitrogen and oxygen atoms in total. The van der Waals surface area contributed by atoms with Crippen molar-refractivity contribution in [3.63, 3.8) is 0 Å². The molecule has 0 N–H and O–H groups in total. The molecule has 3 rings (SSSR count). The molecular weight excluding hydrogens is 292 g/mol. The first kappa shape index (κ1) is 15.7. The van der Waals surface area contributed by atoms with Gasteiger partial charge in [-0.1, -0.05) is 43.7 Å². The van der Waals surface area contributed by atoms with E-state index in [4.69, 9.17) is 14.2 Å². The molecule has 0 aromatic heterocycles. The largest absolute Gasteiger partial charge is 0.493 e. The maximum absolute atomic E-state index is 11.0. The van der Waals surface area contributed by atoms with Crippen LogP contribution in [0.25, 0.3) is 0 Å². The number of unbranched alkanes of at least 4 members (excludes halogenated alkanes) is 1. The fourth-order valence-electron chi connectivity index (χ4n) is 2.43. The Bertz CT molecular complexity index is 648. The van der Waals surface area contributed by atoms with Crippen LogP contribution in [0.15, 0.2) is 48.5 Å². The van der Waals surface area contributed by atoms with Crippen LogP contribution in [-0.4, -0.2) is 12.9 Å². The van der Waals surface area contributed by atoms with E-state index >= 15 is 0 Å². The summed E-state index contributed by atoms with van der Waals surface area (Å²) in [6, 6.07) is 15.1. The van der Waals surface area contributed by atoms with Crippen LogP contribution in [-0.2, 0) is 9.47 Å². The number of hydrogen-bond acceptors (Lipinski definition) is 4. The third kappa shape index (κ3) is 3.60. The smallest absolute Gasteiger partial charge is 0.194 e. The maximum atomic E-state index is 11.0. The van der Waals surface area contributed by atoms with E-state index in [1.54, 1.807) is 18.2 Å². The fourth-order valence-corrected chi connectivity index (χ4v) is 2.43. The number of benzene rings is 2. The topological polar surface area (TPSA) is 44.8 Å². The van der Waals surface area contributed by atoms with Crippen LogP contribution in [0.3, 0.4) is 0 Å². The molecule has 1 aliphatic rings. The number of rotatable bonds is 7. The first-order chi connectivity index (χ1) is 11.3. The second-order valence-electron chi connectivity index (χ2n) is 5.46. The van der Waals surface area contributed by atoms with Crippen molar-refractivity contribution in [3.8, 4) is 5.75 Å². The molecule has 0 radical (unpaired) electrons. The van der Waals surface area contributed by atoms with Crippen LogP contribution in [0.2, 0.25) is 0 Å². The van der Waals surface area contributed by atoms with Gasteiger partial charge < -0.3 is 14.2 Å². The SMILES string of the molecule is CCCCOc1ccc(C=O)cc1C1OC(c2ccccc2)O1. The van der Waals surface area contributed by atoms with Gasteiger partial charge in [0, 0.05) is 11.1 Å². The van der Waals surface area contributed by atoms with E-state index < -0.39 is 6.29 Å². The summed E-state index contributed by atoms with van der Waals surface area (Å²) in [5.74, 6) is 0.709. The Kier molecular flexibility index (Phi) is 5.05. The minimum absolute atomic E-state index is 0.371. The average Bonchev–Trinajstić information content (AvgIpc) is 2.56. The Balaban J connectivity index is 1.72. The lowest BCUT2D eigenvalue weighted by atomic mass is 10.1. The van der Waals surface area contributed by atoms with E-state index in [0.717, 1.165) is 30.3 Å². The molecule has 120 valence electrons. The molecule has 1 heterocycles. The first-order valence-electron chi connectivity index (χ1n) is 7.89. The van der Waals surface area contributed by atoms with Gasteiger partial charge in [0.25, 0.3) is 0 Å². The normalized spacial score (nSPS) is 19.9. The molecule has 1 fully saturated rings. The molecule has 0 amide bonds. The van der Waals surface area contributed by atoms with Crippen molar-refractivity contribution in [2.24, 2.45) is 0 Å². The highest BCUT2D eigenvalue weighted by molar-refractivity contribution is 5.75. The first-order valence-corrected chi connectivity index (χ1v) is 7.89. The average molecular weight is 312 g/mol. The van der Waals surface area contributed by atoms with Gasteiger partial charge in [-0.25, -0.2) is 0 Å². The monoisotopic (exact) mass is 312 g/mol. The van der Waals surface area contributed by atoms with Gasteiger partial charge >= 0.3 is 0 Å². The van der Waals surface area contributed by atoms with Crippen LogP contribution in [0.5, 0.6) is 5.75 Å². The molecule has 1 saturated heterocycles. The van der Waals surface area contributed by atoms with Gasteiger partial charge in [-0.15, -0.1) is 0 Å². The third-order valence-electron chi connectivity index (χ3n) is 3.75. The minimum Gasteiger partial charge on any atom is -0.493 e. The van der Waals surface area contributed by atoms with Gasteiger partial charge in [-0.2, -0.15) is 0 Å². The van der Waals surface area contributed by atoms with E-state index in [1.165, 1.54) is 0 Å². The second kappa shape index (κ2) is 7.40. The van der Waals surface area contributed by atoms with Crippen LogP contribution < -0.4 is 4.74 Å². The van der Waals surface area contributed by atoms with Gasteiger partial charge in [-0.05, 0) is 24.6 Å². The Hall–Kier alpha value is -2.17. The van der Waals surface area contributed by atoms with Crippen molar-refractivity contribution in [2.75, 3.05) is 6.61 Å². The number of carbonyl (C=O) groups is 1. The van der Waals surface area contributed by atoms with Gasteiger partial charge in [0.15, 0.2) is 12.6 Å². The molecular formula is C19H20O4. The van der Waals surface area contributed by atoms with Crippen LogP contribution in [0, 0.1) is 0 Å². The highest BCUT2D eigenvalue weighted by Crippen LogP contribution is 2.44. The van der Waals surface area contributed by atoms with Gasteiger partial charge in [0.05, 0.1) is 12.2 Å². The predicted molar refractivity (Wildman–Crippen MR) is 86.3 cm³/mol. The molecule has 0 atom stereocenters. The molecule has 2 aromatic carbocycles. The number of carbonyl (C=O) groups excluding carboxylic acids is 1. The summed E-state index contributed by atoms with van der Waals surface area (Å²) in [6.45, 7) is 2.75. The molecule has 0 saturated carbocycles. The molecule has 0 spiro atoms. The molecule has 2 aromatic rings. The lowest BCUT2D eigenvalue weighted by Gasteiger charge is -2.37. The molecule has 0 unspecified atom stereocenters. The van der Waals surface area contributed by atoms with E-state index in [-0.39, 0.29) is 6.29 Å². The number of ether oxygens (including phenoxy) is 3. The van der Waals surface area contributed by atoms with Crippen LogP contribution in [0.4, 0.5) is 0 Å². The third-order valence-corrected chi connectivity index (χ3v) is 3.75. The summed E-state index contributed by atoms with van der Waals surface area (Å²) in [5.41, 5.74) is 2.32. The highest BCUT2D eigenvalue weighted by atomic mass is 16.9. The van der Waals surface area contributed by atoms with Gasteiger partial charge in [-0.3, -0.25) is 4.79 Å². The molecule has 0 bridgehead atoms. The fraction of sp³-hybridized carbons (Fsp3) is 0.316. The Labute approximate surface area is 136 Å². The quantitative estimate of drug-likeness (QED) is 0.560. The maximum Gasteiger partial charge on any atom is 0.194 e. The summed E-state index contributed by atoms with van der Waals surface area (Å²) >= 11 is 0. The molecule has 4 heteroatoms. The van der Waals surface area contributed by atoms with E-state index in [9.17, 15) is 4.79 Å². The van der Waals surface area contributed by atoms with Crippen LogP contribution in [0.1, 0.15) is 53.8 Å². The van der Waals surface area contributed by atoms with E-state index in [2.05, 4.69) is 6.92 Å². The Morgan fingerprint density at radius 1 is 1.09 bits per heavy atom. The van der Waals surface area contributed by atoms with Crippen molar-refractivity contribution in [1.29, 1.82) is 0 Å². The van der Waals surface area contributed by atoms with Crippen molar-refractivity contribution < 1.29 is 19.0 Å². The zero-order valence-corrected chi connectivity index (χ0v) is 13.1. The number of aldehydes is 1. The van der Waals surface area contributed by atoms with Crippen molar-refractivity contribution in [1.82, 2.24) is 0 Å². The number of hydrogen-bond donors (Lipinski definition) is 0. The molecule has 1 aliphatic heterocycles. The Morgan fingerprint density at radius 2 is 1.87 bits per heavy atom. The zero-order chi connectivity index (χ0) is 16.1. The van der Waals surface area contributed by atoms with Crippen molar-refractivity contribution in [3.05, 3.63) is 65.2 Å². The lowest BCUT2D eigenvalue weighted by Crippen LogP contribution is -2.27. The van der Waals surface area contributed by atoms with Gasteiger partial charge in [0.2, 0.25) is 0 Å². The predicted octanol–water partition coefficient (Wildman–Crippen LogP) is 4.42. The second-order valence-corrected chi connectivity index (χ2v) is 5.46. The highest BCUT2D eigenvalue weighted by Gasteiger charge is 2.35.